The molecule has 0 radical (unpaired) electrons. The molecular weight excluding hydrogens is 160 g/mol. The topological polar surface area (TPSA) is 38.9 Å². The maximum absolute atomic E-state index is 5.53. The molecule has 0 unspecified atom stereocenters. The van der Waals surface area contributed by atoms with Crippen LogP contribution in [0.4, 0.5) is 0 Å². The van der Waals surface area contributed by atoms with Gasteiger partial charge in [-0.25, -0.2) is 0 Å². The van der Waals surface area contributed by atoms with Crippen molar-refractivity contribution in [1.29, 1.82) is 0 Å². The normalized spacial score (nSPS) is 13.3. The van der Waals surface area contributed by atoms with Crippen LogP contribution in [0, 0.1) is 5.92 Å². The summed E-state index contributed by atoms with van der Waals surface area (Å²) in [6.45, 7) is 7.15. The second kappa shape index (κ2) is 4.38. The van der Waals surface area contributed by atoms with Crippen molar-refractivity contribution in [3.8, 4) is 0 Å². The maximum atomic E-state index is 5.53. The van der Waals surface area contributed by atoms with Crippen LogP contribution in [0.15, 0.2) is 18.2 Å². The third-order valence-electron chi connectivity index (χ3n) is 2.50. The first-order valence-electron chi connectivity index (χ1n) is 4.81. The summed E-state index contributed by atoms with van der Waals surface area (Å²) < 4.78 is 0. The van der Waals surface area contributed by atoms with E-state index in [2.05, 4.69) is 31.8 Å². The van der Waals surface area contributed by atoms with Crippen LogP contribution in [-0.2, 0) is 6.54 Å². The van der Waals surface area contributed by atoms with Crippen molar-refractivity contribution in [2.75, 3.05) is 0 Å². The van der Waals surface area contributed by atoms with E-state index in [1.807, 2.05) is 12.1 Å². The molecule has 0 saturated carbocycles. The second-order valence-corrected chi connectivity index (χ2v) is 3.79. The Balaban J connectivity index is 2.88. The summed E-state index contributed by atoms with van der Waals surface area (Å²) in [6, 6.07) is 6.07. The zero-order valence-electron chi connectivity index (χ0n) is 8.62. The largest absolute Gasteiger partial charge is 0.325 e. The lowest BCUT2D eigenvalue weighted by Crippen LogP contribution is -2.07. The molecule has 1 rings (SSSR count). The molecule has 0 fully saturated rings. The number of nitrogens with two attached hydrogens (primary N) is 1. The van der Waals surface area contributed by atoms with Crippen molar-refractivity contribution in [3.05, 3.63) is 29.6 Å². The Bertz CT molecular complexity index is 269. The van der Waals surface area contributed by atoms with E-state index in [-0.39, 0.29) is 0 Å². The summed E-state index contributed by atoms with van der Waals surface area (Å²) in [5, 5.41) is 0. The van der Waals surface area contributed by atoms with Crippen molar-refractivity contribution in [2.45, 2.75) is 33.2 Å². The van der Waals surface area contributed by atoms with Gasteiger partial charge in [-0.2, -0.15) is 0 Å². The van der Waals surface area contributed by atoms with Crippen LogP contribution in [0.1, 0.15) is 38.1 Å². The number of rotatable bonds is 3. The van der Waals surface area contributed by atoms with Crippen LogP contribution in [0.2, 0.25) is 0 Å². The van der Waals surface area contributed by atoms with E-state index in [1.54, 1.807) is 0 Å². The highest BCUT2D eigenvalue weighted by atomic mass is 14.8. The van der Waals surface area contributed by atoms with Gasteiger partial charge in [0.2, 0.25) is 0 Å². The van der Waals surface area contributed by atoms with Crippen molar-refractivity contribution >= 4 is 0 Å². The molecule has 72 valence electrons. The molecule has 0 aromatic carbocycles. The number of aromatic nitrogens is 1. The monoisotopic (exact) mass is 178 g/mol. The smallest absolute Gasteiger partial charge is 0.0542 e. The Morgan fingerprint density at radius 3 is 2.54 bits per heavy atom. The average Bonchev–Trinajstić information content (AvgIpc) is 2.16. The molecule has 1 heterocycles. The van der Waals surface area contributed by atoms with Crippen LogP contribution < -0.4 is 5.73 Å². The lowest BCUT2D eigenvalue weighted by atomic mass is 9.94. The standard InChI is InChI=1S/C11H18N2/c1-8(2)9(3)11-6-4-5-10(7-12)13-11/h4-6,8-9H,7,12H2,1-3H3/t9-/m1/s1. The van der Waals surface area contributed by atoms with Crippen LogP contribution in [0.5, 0.6) is 0 Å². The summed E-state index contributed by atoms with van der Waals surface area (Å²) in [5.41, 5.74) is 7.66. The summed E-state index contributed by atoms with van der Waals surface area (Å²) in [6.07, 6.45) is 0. The Morgan fingerprint density at radius 1 is 1.31 bits per heavy atom. The summed E-state index contributed by atoms with van der Waals surface area (Å²) in [4.78, 5) is 4.49. The Hall–Kier alpha value is -0.890. The van der Waals surface area contributed by atoms with E-state index in [0.29, 0.717) is 18.4 Å². The van der Waals surface area contributed by atoms with Gasteiger partial charge in [0.05, 0.1) is 5.69 Å². The molecule has 0 aliphatic heterocycles. The molecule has 0 bridgehead atoms. The fourth-order valence-electron chi connectivity index (χ4n) is 1.21. The predicted octanol–water partition coefficient (Wildman–Crippen LogP) is 2.30. The molecule has 0 amide bonds. The predicted molar refractivity (Wildman–Crippen MR) is 55.4 cm³/mol. The fourth-order valence-corrected chi connectivity index (χ4v) is 1.21. The summed E-state index contributed by atoms with van der Waals surface area (Å²) >= 11 is 0. The van der Waals surface area contributed by atoms with Crippen LogP contribution in [-0.4, -0.2) is 4.98 Å². The van der Waals surface area contributed by atoms with Gasteiger partial charge >= 0.3 is 0 Å². The average molecular weight is 178 g/mol. The van der Waals surface area contributed by atoms with Gasteiger partial charge in [-0.15, -0.1) is 0 Å². The number of pyridine rings is 1. The lowest BCUT2D eigenvalue weighted by Gasteiger charge is -2.15. The van der Waals surface area contributed by atoms with Crippen LogP contribution in [0.3, 0.4) is 0 Å². The zero-order chi connectivity index (χ0) is 9.84. The van der Waals surface area contributed by atoms with Gasteiger partial charge in [0.1, 0.15) is 0 Å². The highest BCUT2D eigenvalue weighted by molar-refractivity contribution is 5.14. The minimum atomic E-state index is 0.506. The molecule has 0 aliphatic rings. The van der Waals surface area contributed by atoms with Crippen LogP contribution in [0.25, 0.3) is 0 Å². The Labute approximate surface area is 80.2 Å². The first-order chi connectivity index (χ1) is 6.15. The zero-order valence-corrected chi connectivity index (χ0v) is 8.62. The molecule has 2 nitrogen and oxygen atoms in total. The molecule has 2 heteroatoms. The molecule has 13 heavy (non-hydrogen) atoms. The number of nitrogens with zero attached hydrogens (tertiary/aromatic N) is 1. The van der Waals surface area contributed by atoms with E-state index >= 15 is 0 Å². The molecule has 2 N–H and O–H groups in total. The maximum Gasteiger partial charge on any atom is 0.0542 e. The van der Waals surface area contributed by atoms with E-state index in [0.717, 1.165) is 11.4 Å². The summed E-state index contributed by atoms with van der Waals surface area (Å²) in [7, 11) is 0. The van der Waals surface area contributed by atoms with Crippen LogP contribution >= 0.6 is 0 Å². The van der Waals surface area contributed by atoms with E-state index < -0.39 is 0 Å². The minimum Gasteiger partial charge on any atom is -0.325 e. The van der Waals surface area contributed by atoms with Crippen molar-refractivity contribution in [2.24, 2.45) is 11.7 Å². The van der Waals surface area contributed by atoms with E-state index in [1.165, 1.54) is 0 Å². The quantitative estimate of drug-likeness (QED) is 0.771. The van der Waals surface area contributed by atoms with E-state index in [9.17, 15) is 0 Å². The molecular formula is C11H18N2. The first kappa shape index (κ1) is 10.2. The van der Waals surface area contributed by atoms with Gasteiger partial charge in [0, 0.05) is 18.2 Å². The van der Waals surface area contributed by atoms with Gasteiger partial charge in [-0.3, -0.25) is 4.98 Å². The lowest BCUT2D eigenvalue weighted by molar-refractivity contribution is 0.522. The second-order valence-electron chi connectivity index (χ2n) is 3.79. The van der Waals surface area contributed by atoms with Gasteiger partial charge in [-0.1, -0.05) is 26.8 Å². The highest BCUT2D eigenvalue weighted by Gasteiger charge is 2.10. The summed E-state index contributed by atoms with van der Waals surface area (Å²) in [5.74, 6) is 1.13. The van der Waals surface area contributed by atoms with Gasteiger partial charge in [0.15, 0.2) is 0 Å². The minimum absolute atomic E-state index is 0.506. The van der Waals surface area contributed by atoms with Gasteiger partial charge in [-0.05, 0) is 18.1 Å². The molecule has 0 spiro atoms. The third kappa shape index (κ3) is 2.52. The van der Waals surface area contributed by atoms with Crippen molar-refractivity contribution in [3.63, 3.8) is 0 Å². The fraction of sp³-hybridized carbons (Fsp3) is 0.545. The van der Waals surface area contributed by atoms with E-state index in [4.69, 9.17) is 5.73 Å². The molecule has 1 atom stereocenters. The number of hydrogen-bond acceptors (Lipinski definition) is 2. The van der Waals surface area contributed by atoms with Crippen molar-refractivity contribution < 1.29 is 0 Å². The van der Waals surface area contributed by atoms with Crippen molar-refractivity contribution in [1.82, 2.24) is 4.98 Å². The molecule has 0 saturated heterocycles. The highest BCUT2D eigenvalue weighted by Crippen LogP contribution is 2.21. The molecule has 0 aliphatic carbocycles. The number of hydrogen-bond donors (Lipinski definition) is 1. The first-order valence-corrected chi connectivity index (χ1v) is 4.81. The molecule has 1 aromatic rings. The third-order valence-corrected chi connectivity index (χ3v) is 2.50. The Kier molecular flexibility index (Phi) is 3.43. The molecule has 1 aromatic heterocycles. The SMILES string of the molecule is CC(C)[C@@H](C)c1cccc(CN)n1. The Morgan fingerprint density at radius 2 is 2.00 bits per heavy atom. The van der Waals surface area contributed by atoms with Gasteiger partial charge < -0.3 is 5.73 Å². The van der Waals surface area contributed by atoms with Gasteiger partial charge in [0.25, 0.3) is 0 Å².